The molecule has 6 rings (SSSR count). The Kier molecular flexibility index (Phi) is 4.10. The number of hydrogen-bond acceptors (Lipinski definition) is 7. The molecule has 0 bridgehead atoms. The van der Waals surface area contributed by atoms with Gasteiger partial charge in [0, 0.05) is 30.5 Å². The van der Waals surface area contributed by atoms with Gasteiger partial charge in [-0.1, -0.05) is 13.0 Å². The van der Waals surface area contributed by atoms with Crippen molar-refractivity contribution in [1.82, 2.24) is 44.1 Å². The van der Waals surface area contributed by atoms with Gasteiger partial charge in [0.05, 0.1) is 17.4 Å². The summed E-state index contributed by atoms with van der Waals surface area (Å²) < 4.78 is 5.67. The Morgan fingerprint density at radius 2 is 1.91 bits per heavy atom. The minimum Gasteiger partial charge on any atom is -0.314 e. The van der Waals surface area contributed by atoms with Gasteiger partial charge in [-0.15, -0.1) is 10.2 Å². The highest BCUT2D eigenvalue weighted by Crippen LogP contribution is 2.44. The first-order valence-electron chi connectivity index (χ1n) is 10.4. The lowest BCUT2D eigenvalue weighted by Crippen LogP contribution is -2.33. The number of aromatic nitrogens is 9. The fourth-order valence-electron chi connectivity index (χ4n) is 4.26. The third-order valence-corrected chi connectivity index (χ3v) is 5.68. The second-order valence-electron chi connectivity index (χ2n) is 7.57. The molecule has 5 aromatic rings. The minimum atomic E-state index is -0.0391. The van der Waals surface area contributed by atoms with Gasteiger partial charge in [0.25, 0.3) is 0 Å². The van der Waals surface area contributed by atoms with E-state index < -0.39 is 0 Å². The Hall–Kier alpha value is -4.34. The standard InChI is InChI=1S/C22H20N10/c1-3-18-20-28-24-14-30(20)19-15(2)26-22(29-11-9-23-13-29)27-21(19)32(18)17-7-4-6-16(12-17)31-10-5-8-25-31/h4-14,18H,3H2,1-2H3. The summed E-state index contributed by atoms with van der Waals surface area (Å²) in [6.07, 6.45) is 11.5. The Labute approximate surface area is 183 Å². The smallest absolute Gasteiger partial charge is 0.237 e. The number of benzene rings is 1. The molecular formula is C22H20N10. The van der Waals surface area contributed by atoms with E-state index in [0.717, 1.165) is 40.8 Å². The average Bonchev–Trinajstić information content (AvgIpc) is 3.60. The van der Waals surface area contributed by atoms with Crippen molar-refractivity contribution in [2.45, 2.75) is 26.3 Å². The van der Waals surface area contributed by atoms with Crippen LogP contribution < -0.4 is 4.90 Å². The molecule has 32 heavy (non-hydrogen) atoms. The number of fused-ring (bicyclic) bond motifs is 3. The molecule has 0 amide bonds. The van der Waals surface area contributed by atoms with Crippen molar-refractivity contribution in [3.63, 3.8) is 0 Å². The first-order valence-corrected chi connectivity index (χ1v) is 10.4. The average molecular weight is 424 g/mol. The Morgan fingerprint density at radius 3 is 2.69 bits per heavy atom. The normalized spacial score (nSPS) is 14.9. The Balaban J connectivity index is 1.60. The predicted octanol–water partition coefficient (Wildman–Crippen LogP) is 3.34. The van der Waals surface area contributed by atoms with Crippen LogP contribution in [0.1, 0.15) is 30.9 Å². The molecule has 4 aromatic heterocycles. The van der Waals surface area contributed by atoms with Gasteiger partial charge in [0.15, 0.2) is 11.6 Å². The molecule has 10 nitrogen and oxygen atoms in total. The Bertz CT molecular complexity index is 1380. The molecule has 1 aliphatic rings. The molecular weight excluding hydrogens is 404 g/mol. The number of imidazole rings is 1. The van der Waals surface area contributed by atoms with Crippen LogP contribution in [0.2, 0.25) is 0 Å². The maximum atomic E-state index is 4.98. The van der Waals surface area contributed by atoms with Gasteiger partial charge in [-0.05, 0) is 37.6 Å². The van der Waals surface area contributed by atoms with Crippen molar-refractivity contribution in [2.75, 3.05) is 4.90 Å². The molecule has 1 atom stereocenters. The van der Waals surface area contributed by atoms with E-state index in [1.54, 1.807) is 25.0 Å². The molecule has 0 N–H and O–H groups in total. The first kappa shape index (κ1) is 18.4. The fourth-order valence-corrected chi connectivity index (χ4v) is 4.26. The summed E-state index contributed by atoms with van der Waals surface area (Å²) in [7, 11) is 0. The Morgan fingerprint density at radius 1 is 1.00 bits per heavy atom. The van der Waals surface area contributed by atoms with Crippen molar-refractivity contribution in [1.29, 1.82) is 0 Å². The van der Waals surface area contributed by atoms with E-state index in [-0.39, 0.29) is 6.04 Å². The van der Waals surface area contributed by atoms with Crippen LogP contribution in [0.5, 0.6) is 0 Å². The van der Waals surface area contributed by atoms with Crippen molar-refractivity contribution in [2.24, 2.45) is 0 Å². The van der Waals surface area contributed by atoms with Crippen LogP contribution >= 0.6 is 0 Å². The van der Waals surface area contributed by atoms with Crippen molar-refractivity contribution < 1.29 is 0 Å². The number of aryl methyl sites for hydroxylation is 1. The lowest BCUT2D eigenvalue weighted by atomic mass is 10.1. The van der Waals surface area contributed by atoms with Crippen LogP contribution in [0.3, 0.4) is 0 Å². The summed E-state index contributed by atoms with van der Waals surface area (Å²) >= 11 is 0. The minimum absolute atomic E-state index is 0.0391. The molecule has 10 heteroatoms. The molecule has 0 fully saturated rings. The summed E-state index contributed by atoms with van der Waals surface area (Å²) in [6, 6.07) is 10.1. The van der Waals surface area contributed by atoms with Crippen molar-refractivity contribution >= 4 is 11.5 Å². The highest BCUT2D eigenvalue weighted by atomic mass is 15.4. The van der Waals surface area contributed by atoms with E-state index in [0.29, 0.717) is 5.95 Å². The van der Waals surface area contributed by atoms with Crippen LogP contribution in [-0.4, -0.2) is 44.1 Å². The maximum absolute atomic E-state index is 4.98. The molecule has 1 aromatic carbocycles. The molecule has 0 saturated heterocycles. The van der Waals surface area contributed by atoms with Crippen LogP contribution in [-0.2, 0) is 0 Å². The summed E-state index contributed by atoms with van der Waals surface area (Å²) in [5.74, 6) is 2.24. The van der Waals surface area contributed by atoms with E-state index in [1.807, 2.05) is 51.3 Å². The monoisotopic (exact) mass is 424 g/mol. The van der Waals surface area contributed by atoms with Gasteiger partial charge in [-0.3, -0.25) is 9.13 Å². The number of nitrogens with zero attached hydrogens (tertiary/aromatic N) is 10. The SMILES string of the molecule is CCC1c2nncn2-c2c(C)nc(-n3ccnc3)nc2N1c1cccc(-n2cccn2)c1. The van der Waals surface area contributed by atoms with Gasteiger partial charge in [-0.2, -0.15) is 10.1 Å². The molecule has 0 aliphatic carbocycles. The fraction of sp³-hybridized carbons (Fsp3) is 0.182. The summed E-state index contributed by atoms with van der Waals surface area (Å²) in [6.45, 7) is 4.12. The van der Waals surface area contributed by atoms with E-state index >= 15 is 0 Å². The zero-order valence-electron chi connectivity index (χ0n) is 17.6. The zero-order chi connectivity index (χ0) is 21.7. The van der Waals surface area contributed by atoms with Crippen molar-refractivity contribution in [3.8, 4) is 17.3 Å². The molecule has 0 saturated carbocycles. The van der Waals surface area contributed by atoms with Gasteiger partial charge < -0.3 is 4.90 Å². The van der Waals surface area contributed by atoms with Crippen LogP contribution in [0.25, 0.3) is 17.3 Å². The summed E-state index contributed by atoms with van der Waals surface area (Å²) in [4.78, 5) is 16.1. The van der Waals surface area contributed by atoms with E-state index in [1.165, 1.54) is 0 Å². The molecule has 0 radical (unpaired) electrons. The van der Waals surface area contributed by atoms with Gasteiger partial charge >= 0.3 is 0 Å². The van der Waals surface area contributed by atoms with Gasteiger partial charge in [0.2, 0.25) is 5.95 Å². The number of rotatable bonds is 4. The van der Waals surface area contributed by atoms with E-state index in [2.05, 4.69) is 44.2 Å². The molecule has 1 aliphatic heterocycles. The van der Waals surface area contributed by atoms with Crippen LogP contribution in [0, 0.1) is 6.92 Å². The first-order chi connectivity index (χ1) is 15.7. The highest BCUT2D eigenvalue weighted by Gasteiger charge is 2.36. The van der Waals surface area contributed by atoms with E-state index in [9.17, 15) is 0 Å². The second kappa shape index (κ2) is 7.12. The quantitative estimate of drug-likeness (QED) is 0.437. The lowest BCUT2D eigenvalue weighted by Gasteiger charge is -2.37. The molecule has 158 valence electrons. The molecule has 1 unspecified atom stereocenters. The highest BCUT2D eigenvalue weighted by molar-refractivity contribution is 5.74. The predicted molar refractivity (Wildman–Crippen MR) is 118 cm³/mol. The summed E-state index contributed by atoms with van der Waals surface area (Å²) in [5, 5.41) is 13.0. The van der Waals surface area contributed by atoms with Gasteiger partial charge in [0.1, 0.15) is 18.3 Å². The van der Waals surface area contributed by atoms with E-state index in [4.69, 9.17) is 9.97 Å². The topological polar surface area (TPSA) is 95.4 Å². The summed E-state index contributed by atoms with van der Waals surface area (Å²) in [5.41, 5.74) is 3.68. The number of anilines is 2. The zero-order valence-corrected chi connectivity index (χ0v) is 17.6. The third kappa shape index (κ3) is 2.73. The van der Waals surface area contributed by atoms with Crippen LogP contribution in [0.4, 0.5) is 11.5 Å². The third-order valence-electron chi connectivity index (χ3n) is 5.68. The lowest BCUT2D eigenvalue weighted by molar-refractivity contribution is 0.586. The second-order valence-corrected chi connectivity index (χ2v) is 7.57. The maximum Gasteiger partial charge on any atom is 0.237 e. The molecule has 5 heterocycles. The van der Waals surface area contributed by atoms with Crippen LogP contribution in [0.15, 0.2) is 67.8 Å². The molecule has 0 spiro atoms. The number of hydrogen-bond donors (Lipinski definition) is 0. The largest absolute Gasteiger partial charge is 0.314 e. The van der Waals surface area contributed by atoms with Crippen molar-refractivity contribution in [3.05, 3.63) is 79.3 Å². The van der Waals surface area contributed by atoms with Gasteiger partial charge in [-0.25, -0.2) is 14.6 Å².